The normalized spacial score (nSPS) is 20.5. The van der Waals surface area contributed by atoms with Gasteiger partial charge in [0, 0.05) is 24.3 Å². The first kappa shape index (κ1) is 20.4. The lowest BCUT2D eigenvalue weighted by Crippen LogP contribution is -2.42. The van der Waals surface area contributed by atoms with Crippen LogP contribution in [0.15, 0.2) is 53.4 Å². The van der Waals surface area contributed by atoms with Crippen molar-refractivity contribution in [2.24, 2.45) is 11.8 Å². The van der Waals surface area contributed by atoms with Gasteiger partial charge in [0.1, 0.15) is 5.75 Å². The van der Waals surface area contributed by atoms with Gasteiger partial charge in [-0.1, -0.05) is 19.9 Å². The number of carbonyl (C=O) groups excluding carboxylic acids is 1. The number of rotatable bonds is 5. The molecule has 2 aromatic rings. The fraction of sp³-hybridized carbons (Fsp3) is 0.381. The van der Waals surface area contributed by atoms with Gasteiger partial charge in [0.15, 0.2) is 0 Å². The molecule has 1 aliphatic rings. The van der Waals surface area contributed by atoms with Crippen LogP contribution >= 0.6 is 0 Å². The Morgan fingerprint density at radius 3 is 2.32 bits per heavy atom. The van der Waals surface area contributed by atoms with E-state index in [1.54, 1.807) is 59.9 Å². The summed E-state index contributed by atoms with van der Waals surface area (Å²) in [4.78, 5) is 12.6. The van der Waals surface area contributed by atoms with Gasteiger partial charge < -0.3 is 10.1 Å². The van der Waals surface area contributed by atoms with Crippen molar-refractivity contribution in [1.82, 2.24) is 4.31 Å². The summed E-state index contributed by atoms with van der Waals surface area (Å²) in [6.45, 7) is 5.24. The van der Waals surface area contributed by atoms with Gasteiger partial charge in [-0.3, -0.25) is 4.79 Å². The lowest BCUT2D eigenvalue weighted by atomic mass is 9.94. The van der Waals surface area contributed by atoms with Crippen molar-refractivity contribution in [3.05, 3.63) is 54.1 Å². The lowest BCUT2D eigenvalue weighted by Gasteiger charge is -2.34. The zero-order chi connectivity index (χ0) is 20.3. The Bertz CT molecular complexity index is 931. The average molecular weight is 403 g/mol. The molecule has 0 aromatic heterocycles. The quantitative estimate of drug-likeness (QED) is 0.829. The summed E-state index contributed by atoms with van der Waals surface area (Å²) in [5.74, 6) is 1.01. The summed E-state index contributed by atoms with van der Waals surface area (Å²) < 4.78 is 32.6. The van der Waals surface area contributed by atoms with E-state index in [4.69, 9.17) is 4.74 Å². The summed E-state index contributed by atoms with van der Waals surface area (Å²) in [7, 11) is -1.99. The van der Waals surface area contributed by atoms with Gasteiger partial charge >= 0.3 is 0 Å². The van der Waals surface area contributed by atoms with E-state index < -0.39 is 10.0 Å². The number of hydrogen-bond acceptors (Lipinski definition) is 4. The van der Waals surface area contributed by atoms with Gasteiger partial charge in [-0.25, -0.2) is 8.42 Å². The molecule has 0 radical (unpaired) electrons. The molecular weight excluding hydrogens is 376 g/mol. The minimum atomic E-state index is -3.53. The Balaban J connectivity index is 1.73. The van der Waals surface area contributed by atoms with E-state index in [0.29, 0.717) is 41.9 Å². The molecule has 0 spiro atoms. The van der Waals surface area contributed by atoms with Gasteiger partial charge in [0.05, 0.1) is 12.0 Å². The van der Waals surface area contributed by atoms with E-state index in [1.165, 1.54) is 0 Å². The standard InChI is InChI=1S/C21H26N2O4S/c1-15-11-16(2)14-23(13-15)28(25,26)20-9-7-18(8-10-20)22-21(24)17-5-4-6-19(12-17)27-3/h4-10,12,15-16H,11,13-14H2,1-3H3,(H,22,24)/t15-,16-/m0/s1. The van der Waals surface area contributed by atoms with E-state index >= 15 is 0 Å². The number of hydrogen-bond donors (Lipinski definition) is 1. The largest absolute Gasteiger partial charge is 0.497 e. The number of benzene rings is 2. The van der Waals surface area contributed by atoms with Gasteiger partial charge in [-0.2, -0.15) is 4.31 Å². The van der Waals surface area contributed by atoms with Crippen LogP contribution in [-0.2, 0) is 10.0 Å². The van der Waals surface area contributed by atoms with Crippen LogP contribution in [0.2, 0.25) is 0 Å². The van der Waals surface area contributed by atoms with E-state index in [-0.39, 0.29) is 10.8 Å². The van der Waals surface area contributed by atoms with Gasteiger partial charge in [0.25, 0.3) is 5.91 Å². The Morgan fingerprint density at radius 2 is 1.71 bits per heavy atom. The fourth-order valence-corrected chi connectivity index (χ4v) is 5.31. The molecule has 1 N–H and O–H groups in total. The summed E-state index contributed by atoms with van der Waals surface area (Å²) in [5, 5.41) is 2.78. The van der Waals surface area contributed by atoms with Crippen molar-refractivity contribution < 1.29 is 17.9 Å². The fourth-order valence-electron chi connectivity index (χ4n) is 3.63. The maximum absolute atomic E-state index is 12.9. The summed E-state index contributed by atoms with van der Waals surface area (Å²) >= 11 is 0. The highest BCUT2D eigenvalue weighted by atomic mass is 32.2. The molecule has 3 rings (SSSR count). The first-order valence-electron chi connectivity index (χ1n) is 9.35. The van der Waals surface area contributed by atoms with Crippen LogP contribution in [-0.4, -0.2) is 38.8 Å². The molecule has 0 unspecified atom stereocenters. The van der Waals surface area contributed by atoms with Crippen molar-refractivity contribution in [3.8, 4) is 5.75 Å². The van der Waals surface area contributed by atoms with Crippen LogP contribution in [0.5, 0.6) is 5.75 Å². The highest BCUT2D eigenvalue weighted by molar-refractivity contribution is 7.89. The predicted molar refractivity (Wildman–Crippen MR) is 109 cm³/mol. The van der Waals surface area contributed by atoms with E-state index in [1.807, 2.05) is 0 Å². The van der Waals surface area contributed by atoms with Crippen molar-refractivity contribution in [3.63, 3.8) is 0 Å². The van der Waals surface area contributed by atoms with E-state index in [2.05, 4.69) is 19.2 Å². The molecule has 7 heteroatoms. The molecule has 0 aliphatic carbocycles. The molecule has 1 saturated heterocycles. The number of amides is 1. The third-order valence-electron chi connectivity index (χ3n) is 4.92. The molecule has 1 amide bonds. The smallest absolute Gasteiger partial charge is 0.255 e. The second kappa shape index (κ2) is 8.32. The van der Waals surface area contributed by atoms with Crippen molar-refractivity contribution >= 4 is 21.6 Å². The number of sulfonamides is 1. The van der Waals surface area contributed by atoms with Gasteiger partial charge in [0.2, 0.25) is 10.0 Å². The van der Waals surface area contributed by atoms with Crippen molar-refractivity contribution in [2.75, 3.05) is 25.5 Å². The third kappa shape index (κ3) is 4.54. The Morgan fingerprint density at radius 1 is 1.07 bits per heavy atom. The van der Waals surface area contributed by atoms with Crippen LogP contribution in [0.25, 0.3) is 0 Å². The molecule has 2 aromatic carbocycles. The van der Waals surface area contributed by atoms with Gasteiger partial charge in [-0.15, -0.1) is 0 Å². The highest BCUT2D eigenvalue weighted by Gasteiger charge is 2.31. The average Bonchev–Trinajstić information content (AvgIpc) is 2.67. The molecule has 0 saturated carbocycles. The minimum Gasteiger partial charge on any atom is -0.497 e. The van der Waals surface area contributed by atoms with Crippen molar-refractivity contribution in [1.29, 1.82) is 0 Å². The SMILES string of the molecule is COc1cccc(C(=O)Nc2ccc(S(=O)(=O)N3C[C@@H](C)C[C@H](C)C3)cc2)c1. The molecule has 28 heavy (non-hydrogen) atoms. The van der Waals surface area contributed by atoms with Gasteiger partial charge in [-0.05, 0) is 60.7 Å². The third-order valence-corrected chi connectivity index (χ3v) is 6.76. The first-order chi connectivity index (χ1) is 13.3. The molecule has 0 bridgehead atoms. The zero-order valence-electron chi connectivity index (χ0n) is 16.4. The topological polar surface area (TPSA) is 75.7 Å². The zero-order valence-corrected chi connectivity index (χ0v) is 17.2. The van der Waals surface area contributed by atoms with Crippen LogP contribution < -0.4 is 10.1 Å². The molecule has 150 valence electrons. The summed E-state index contributed by atoms with van der Waals surface area (Å²) in [6.07, 6.45) is 1.04. The number of nitrogens with one attached hydrogen (secondary N) is 1. The molecule has 2 atom stereocenters. The lowest BCUT2D eigenvalue weighted by molar-refractivity contribution is 0.102. The first-order valence-corrected chi connectivity index (χ1v) is 10.8. The number of carbonyl (C=O) groups is 1. The maximum Gasteiger partial charge on any atom is 0.255 e. The maximum atomic E-state index is 12.9. The van der Waals surface area contributed by atoms with Crippen LogP contribution in [0, 0.1) is 11.8 Å². The molecule has 1 aliphatic heterocycles. The minimum absolute atomic E-state index is 0.244. The van der Waals surface area contributed by atoms with E-state index in [0.717, 1.165) is 6.42 Å². The Hall–Kier alpha value is -2.38. The Labute approximate surface area is 166 Å². The summed E-state index contributed by atoms with van der Waals surface area (Å²) in [6, 6.07) is 13.1. The highest BCUT2D eigenvalue weighted by Crippen LogP contribution is 2.27. The molecular formula is C21H26N2O4S. The molecule has 1 heterocycles. The predicted octanol–water partition coefficient (Wildman–Crippen LogP) is 3.61. The summed E-state index contributed by atoms with van der Waals surface area (Å²) in [5.41, 5.74) is 1.000. The Kier molecular flexibility index (Phi) is 6.05. The van der Waals surface area contributed by atoms with Crippen molar-refractivity contribution in [2.45, 2.75) is 25.2 Å². The number of nitrogens with zero attached hydrogens (tertiary/aromatic N) is 1. The molecule has 1 fully saturated rings. The van der Waals surface area contributed by atoms with Crippen LogP contribution in [0.3, 0.4) is 0 Å². The number of anilines is 1. The second-order valence-corrected chi connectivity index (χ2v) is 9.42. The number of methoxy groups -OCH3 is 1. The monoisotopic (exact) mass is 402 g/mol. The van der Waals surface area contributed by atoms with E-state index in [9.17, 15) is 13.2 Å². The van der Waals surface area contributed by atoms with Crippen LogP contribution in [0.1, 0.15) is 30.6 Å². The van der Waals surface area contributed by atoms with Crippen LogP contribution in [0.4, 0.5) is 5.69 Å². The molecule has 6 nitrogen and oxygen atoms in total. The number of ether oxygens (including phenoxy) is 1. The second-order valence-electron chi connectivity index (χ2n) is 7.48. The number of piperidine rings is 1.